The van der Waals surface area contributed by atoms with Crippen LogP contribution >= 0.6 is 0 Å². The first-order valence-corrected chi connectivity index (χ1v) is 10.2. The number of hydrogen-bond donors (Lipinski definition) is 3. The van der Waals surface area contributed by atoms with Crippen LogP contribution in [0.25, 0.3) is 0 Å². The fourth-order valence-electron chi connectivity index (χ4n) is 4.66. The lowest BCUT2D eigenvalue weighted by atomic mass is 9.75. The number of hydrogen-bond acceptors (Lipinski definition) is 2. The minimum Gasteiger partial charge on any atom is -0.349 e. The number of carbonyl (C=O) groups excluding carboxylic acids is 2. The third-order valence-electron chi connectivity index (χ3n) is 6.25. The molecule has 1 aromatic carbocycles. The summed E-state index contributed by atoms with van der Waals surface area (Å²) in [5, 5.41) is 5.98. The molecule has 2 amide bonds. The standard InChI is InChI=1S/C21H29N3O2/c25-20(14-24-12-11-15-5-1-2-6-16(15)13-24)23-19-8-4-3-7-18(19)21(26)22-17-9-10-17/h3-4,7-8,15-17H,1-2,5-6,9-14H2,(H,22,26)(H,23,25)/p+1/t15-,16-/m1/s1. The number of rotatable bonds is 5. The quantitative estimate of drug-likeness (QED) is 0.751. The summed E-state index contributed by atoms with van der Waals surface area (Å²) >= 11 is 0. The molecule has 0 bridgehead atoms. The first-order valence-electron chi connectivity index (χ1n) is 10.2. The third-order valence-corrected chi connectivity index (χ3v) is 6.25. The molecule has 1 saturated heterocycles. The molecule has 4 rings (SSSR count). The van der Waals surface area contributed by atoms with E-state index in [1.807, 2.05) is 18.2 Å². The van der Waals surface area contributed by atoms with E-state index in [0.717, 1.165) is 37.8 Å². The smallest absolute Gasteiger partial charge is 0.279 e. The number of likely N-dealkylation sites (tertiary alicyclic amines) is 1. The van der Waals surface area contributed by atoms with Crippen molar-refractivity contribution < 1.29 is 14.5 Å². The average molecular weight is 356 g/mol. The van der Waals surface area contributed by atoms with Crippen LogP contribution in [0.3, 0.4) is 0 Å². The van der Waals surface area contributed by atoms with Gasteiger partial charge in [-0.25, -0.2) is 0 Å². The number of amides is 2. The van der Waals surface area contributed by atoms with Gasteiger partial charge in [0.15, 0.2) is 6.54 Å². The van der Waals surface area contributed by atoms with E-state index in [2.05, 4.69) is 10.6 Å². The van der Waals surface area contributed by atoms with E-state index in [1.165, 1.54) is 37.0 Å². The Morgan fingerprint density at radius 1 is 1.00 bits per heavy atom. The van der Waals surface area contributed by atoms with Crippen LogP contribution in [0.4, 0.5) is 5.69 Å². The Morgan fingerprint density at radius 3 is 2.58 bits per heavy atom. The van der Waals surface area contributed by atoms with E-state index in [0.29, 0.717) is 23.8 Å². The minimum atomic E-state index is -0.0845. The molecule has 3 N–H and O–H groups in total. The molecule has 140 valence electrons. The molecular weight excluding hydrogens is 326 g/mol. The second-order valence-electron chi connectivity index (χ2n) is 8.32. The van der Waals surface area contributed by atoms with Gasteiger partial charge in [0, 0.05) is 12.0 Å². The summed E-state index contributed by atoms with van der Waals surface area (Å²) in [4.78, 5) is 26.4. The largest absolute Gasteiger partial charge is 0.349 e. The summed E-state index contributed by atoms with van der Waals surface area (Å²) in [7, 11) is 0. The van der Waals surface area contributed by atoms with Crippen LogP contribution in [-0.4, -0.2) is 37.5 Å². The molecule has 3 atom stereocenters. The van der Waals surface area contributed by atoms with Crippen LogP contribution < -0.4 is 15.5 Å². The molecule has 0 radical (unpaired) electrons. The molecule has 1 unspecified atom stereocenters. The normalized spacial score (nSPS) is 28.1. The number of piperidine rings is 1. The van der Waals surface area contributed by atoms with Gasteiger partial charge in [0.05, 0.1) is 24.3 Å². The second-order valence-corrected chi connectivity index (χ2v) is 8.32. The Labute approximate surface area is 155 Å². The van der Waals surface area contributed by atoms with Gasteiger partial charge >= 0.3 is 0 Å². The van der Waals surface area contributed by atoms with Gasteiger partial charge in [0.1, 0.15) is 0 Å². The van der Waals surface area contributed by atoms with Crippen LogP contribution in [0.2, 0.25) is 0 Å². The lowest BCUT2D eigenvalue weighted by Gasteiger charge is -2.38. The predicted molar refractivity (Wildman–Crippen MR) is 101 cm³/mol. The van der Waals surface area contributed by atoms with Crippen LogP contribution in [0.15, 0.2) is 24.3 Å². The van der Waals surface area contributed by atoms with Gasteiger partial charge in [-0.05, 0) is 50.2 Å². The fourth-order valence-corrected chi connectivity index (χ4v) is 4.66. The molecule has 26 heavy (non-hydrogen) atoms. The highest BCUT2D eigenvalue weighted by molar-refractivity contribution is 6.04. The molecule has 1 aliphatic heterocycles. The van der Waals surface area contributed by atoms with Gasteiger partial charge < -0.3 is 15.5 Å². The zero-order valence-electron chi connectivity index (χ0n) is 15.4. The SMILES string of the molecule is O=C(C[NH+]1CC[C@H]2CCCC[C@@H]2C1)Nc1ccccc1C(=O)NC1CC1. The van der Waals surface area contributed by atoms with Crippen LogP contribution in [-0.2, 0) is 4.79 Å². The van der Waals surface area contributed by atoms with Crippen molar-refractivity contribution in [3.63, 3.8) is 0 Å². The maximum atomic E-state index is 12.6. The Bertz CT molecular complexity index is 671. The van der Waals surface area contributed by atoms with Crippen molar-refractivity contribution >= 4 is 17.5 Å². The van der Waals surface area contributed by atoms with E-state index < -0.39 is 0 Å². The van der Waals surface area contributed by atoms with Crippen LogP contribution in [0.1, 0.15) is 55.3 Å². The highest BCUT2D eigenvalue weighted by atomic mass is 16.2. The van der Waals surface area contributed by atoms with Gasteiger partial charge in [0.2, 0.25) is 0 Å². The molecule has 3 fully saturated rings. The number of quaternary nitrogens is 1. The summed E-state index contributed by atoms with van der Waals surface area (Å²) in [6, 6.07) is 7.63. The van der Waals surface area contributed by atoms with Crippen molar-refractivity contribution in [3.05, 3.63) is 29.8 Å². The zero-order chi connectivity index (χ0) is 17.9. The van der Waals surface area contributed by atoms with Crippen molar-refractivity contribution in [3.8, 4) is 0 Å². The summed E-state index contributed by atoms with van der Waals surface area (Å²) in [5.74, 6) is 1.62. The van der Waals surface area contributed by atoms with Crippen LogP contribution in [0, 0.1) is 11.8 Å². The minimum absolute atomic E-state index is 0.0148. The average Bonchev–Trinajstić information content (AvgIpc) is 3.46. The summed E-state index contributed by atoms with van der Waals surface area (Å²) < 4.78 is 0. The number of anilines is 1. The van der Waals surface area contributed by atoms with E-state index in [4.69, 9.17) is 0 Å². The lowest BCUT2D eigenvalue weighted by molar-refractivity contribution is -0.902. The number of para-hydroxylation sites is 1. The molecule has 3 aliphatic rings. The van der Waals surface area contributed by atoms with Gasteiger partial charge in [-0.3, -0.25) is 9.59 Å². The van der Waals surface area contributed by atoms with Crippen molar-refractivity contribution in [1.82, 2.24) is 5.32 Å². The van der Waals surface area contributed by atoms with E-state index >= 15 is 0 Å². The Hall–Kier alpha value is -1.88. The third kappa shape index (κ3) is 4.26. The molecule has 5 nitrogen and oxygen atoms in total. The number of benzene rings is 1. The molecule has 5 heteroatoms. The number of carbonyl (C=O) groups is 2. The highest BCUT2D eigenvalue weighted by Crippen LogP contribution is 2.32. The van der Waals surface area contributed by atoms with Gasteiger partial charge in [-0.2, -0.15) is 0 Å². The Morgan fingerprint density at radius 2 is 1.77 bits per heavy atom. The first-order chi connectivity index (χ1) is 12.7. The van der Waals surface area contributed by atoms with Crippen molar-refractivity contribution in [1.29, 1.82) is 0 Å². The van der Waals surface area contributed by atoms with E-state index in [1.54, 1.807) is 6.07 Å². The van der Waals surface area contributed by atoms with Crippen LogP contribution in [0.5, 0.6) is 0 Å². The van der Waals surface area contributed by atoms with Crippen molar-refractivity contribution in [2.75, 3.05) is 25.0 Å². The maximum Gasteiger partial charge on any atom is 0.279 e. The Balaban J connectivity index is 1.34. The van der Waals surface area contributed by atoms with Gasteiger partial charge in [-0.1, -0.05) is 25.0 Å². The predicted octanol–water partition coefficient (Wildman–Crippen LogP) is 1.61. The highest BCUT2D eigenvalue weighted by Gasteiger charge is 2.34. The van der Waals surface area contributed by atoms with E-state index in [9.17, 15) is 9.59 Å². The molecule has 2 saturated carbocycles. The first kappa shape index (κ1) is 17.5. The Kier molecular flexibility index (Phi) is 5.25. The molecule has 0 aromatic heterocycles. The molecular formula is C21H30N3O2+. The van der Waals surface area contributed by atoms with Crippen molar-refractivity contribution in [2.45, 2.75) is 51.0 Å². The summed E-state index contributed by atoms with van der Waals surface area (Å²) in [6.07, 6.45) is 8.82. The van der Waals surface area contributed by atoms with E-state index in [-0.39, 0.29) is 11.8 Å². The topological polar surface area (TPSA) is 62.6 Å². The number of nitrogens with one attached hydrogen (secondary N) is 3. The molecule has 1 heterocycles. The van der Waals surface area contributed by atoms with Gasteiger partial charge in [-0.15, -0.1) is 0 Å². The lowest BCUT2D eigenvalue weighted by Crippen LogP contribution is -3.15. The fraction of sp³-hybridized carbons (Fsp3) is 0.619. The molecule has 0 spiro atoms. The molecule has 2 aliphatic carbocycles. The molecule has 1 aromatic rings. The number of fused-ring (bicyclic) bond motifs is 1. The van der Waals surface area contributed by atoms with Gasteiger partial charge in [0.25, 0.3) is 11.8 Å². The monoisotopic (exact) mass is 356 g/mol. The summed E-state index contributed by atoms with van der Waals surface area (Å²) in [6.45, 7) is 2.72. The zero-order valence-corrected chi connectivity index (χ0v) is 15.4. The van der Waals surface area contributed by atoms with Crippen molar-refractivity contribution in [2.24, 2.45) is 11.8 Å². The summed E-state index contributed by atoms with van der Waals surface area (Å²) in [5.41, 5.74) is 1.19. The maximum absolute atomic E-state index is 12.6. The second kappa shape index (κ2) is 7.78.